The molecule has 1 unspecified atom stereocenters. The molecule has 0 heterocycles. The number of nitrogens with one attached hydrogen (secondary N) is 1. The zero-order chi connectivity index (χ0) is 15.5. The van der Waals surface area contributed by atoms with Crippen molar-refractivity contribution >= 4 is 22.6 Å². The molecule has 1 atom stereocenters. The van der Waals surface area contributed by atoms with E-state index < -0.39 is 0 Å². The molecular weight excluding hydrogens is 371 g/mol. The van der Waals surface area contributed by atoms with Crippen molar-refractivity contribution in [2.24, 2.45) is 5.84 Å². The van der Waals surface area contributed by atoms with Gasteiger partial charge >= 0.3 is 0 Å². The van der Waals surface area contributed by atoms with E-state index in [2.05, 4.69) is 60.1 Å². The average molecular weight is 402 g/mol. The summed E-state index contributed by atoms with van der Waals surface area (Å²) < 4.78 is 1.35. The maximum absolute atomic E-state index is 5.77. The fraction of sp³-hybridized carbons (Fsp3) is 0.667. The van der Waals surface area contributed by atoms with Crippen LogP contribution in [0.25, 0.3) is 0 Å². The van der Waals surface area contributed by atoms with Crippen LogP contribution in [0.15, 0.2) is 18.2 Å². The average Bonchev–Trinajstić information content (AvgIpc) is 2.49. The van der Waals surface area contributed by atoms with E-state index in [1.54, 1.807) is 0 Å². The summed E-state index contributed by atoms with van der Waals surface area (Å²) in [4.78, 5) is 0. The molecule has 3 heteroatoms. The van der Waals surface area contributed by atoms with Gasteiger partial charge in [0, 0.05) is 9.61 Å². The Hall–Kier alpha value is -0.130. The molecule has 21 heavy (non-hydrogen) atoms. The number of halogens is 1. The van der Waals surface area contributed by atoms with Crippen molar-refractivity contribution in [2.45, 2.75) is 77.7 Å². The van der Waals surface area contributed by atoms with Gasteiger partial charge in [0.05, 0.1) is 0 Å². The summed E-state index contributed by atoms with van der Waals surface area (Å²) in [6.07, 6.45) is 12.0. The quantitative estimate of drug-likeness (QED) is 0.218. The highest BCUT2D eigenvalue weighted by Crippen LogP contribution is 2.26. The molecule has 0 saturated carbocycles. The van der Waals surface area contributed by atoms with Crippen LogP contribution in [0.3, 0.4) is 0 Å². The van der Waals surface area contributed by atoms with E-state index in [0.717, 1.165) is 6.42 Å². The predicted molar refractivity (Wildman–Crippen MR) is 101 cm³/mol. The second-order valence-corrected chi connectivity index (χ2v) is 7.04. The first-order chi connectivity index (χ1) is 10.2. The van der Waals surface area contributed by atoms with E-state index in [9.17, 15) is 0 Å². The van der Waals surface area contributed by atoms with Crippen LogP contribution in [-0.2, 0) is 0 Å². The molecule has 0 radical (unpaired) electrons. The van der Waals surface area contributed by atoms with Gasteiger partial charge in [-0.25, -0.2) is 0 Å². The van der Waals surface area contributed by atoms with E-state index in [1.807, 2.05) is 0 Å². The van der Waals surface area contributed by atoms with Gasteiger partial charge in [-0.2, -0.15) is 0 Å². The summed E-state index contributed by atoms with van der Waals surface area (Å²) in [7, 11) is 0. The van der Waals surface area contributed by atoms with Gasteiger partial charge in [-0.1, -0.05) is 76.5 Å². The number of hydrogen-bond acceptors (Lipinski definition) is 2. The van der Waals surface area contributed by atoms with E-state index in [4.69, 9.17) is 5.84 Å². The lowest BCUT2D eigenvalue weighted by atomic mass is 9.98. The molecule has 0 aliphatic carbocycles. The number of unbranched alkanes of at least 4 members (excludes halogenated alkanes) is 7. The molecule has 1 aromatic carbocycles. The molecule has 1 rings (SSSR count). The Morgan fingerprint density at radius 1 is 1.05 bits per heavy atom. The zero-order valence-electron chi connectivity index (χ0n) is 13.6. The molecule has 0 aromatic heterocycles. The molecule has 0 fully saturated rings. The van der Waals surface area contributed by atoms with Crippen molar-refractivity contribution in [1.29, 1.82) is 0 Å². The molecule has 0 aliphatic rings. The van der Waals surface area contributed by atoms with Gasteiger partial charge in [0.15, 0.2) is 0 Å². The van der Waals surface area contributed by atoms with Crippen LogP contribution in [0, 0.1) is 10.5 Å². The molecule has 0 amide bonds. The Kier molecular flexibility index (Phi) is 10.3. The minimum Gasteiger partial charge on any atom is -0.271 e. The topological polar surface area (TPSA) is 38.0 Å². The van der Waals surface area contributed by atoms with Crippen LogP contribution in [-0.4, -0.2) is 0 Å². The van der Waals surface area contributed by atoms with Gasteiger partial charge in [-0.05, 0) is 47.1 Å². The Balaban J connectivity index is 2.27. The van der Waals surface area contributed by atoms with Crippen molar-refractivity contribution in [3.05, 3.63) is 32.9 Å². The normalized spacial score (nSPS) is 12.6. The van der Waals surface area contributed by atoms with E-state index >= 15 is 0 Å². The van der Waals surface area contributed by atoms with E-state index in [0.29, 0.717) is 0 Å². The third kappa shape index (κ3) is 7.11. The summed E-state index contributed by atoms with van der Waals surface area (Å²) in [5.74, 6) is 5.77. The number of rotatable bonds is 11. The zero-order valence-corrected chi connectivity index (χ0v) is 15.8. The molecule has 1 aromatic rings. The van der Waals surface area contributed by atoms with E-state index in [-0.39, 0.29) is 6.04 Å². The van der Waals surface area contributed by atoms with Crippen molar-refractivity contribution in [2.75, 3.05) is 0 Å². The molecule has 3 N–H and O–H groups in total. The van der Waals surface area contributed by atoms with Crippen LogP contribution in [0.4, 0.5) is 0 Å². The van der Waals surface area contributed by atoms with Crippen molar-refractivity contribution in [3.63, 3.8) is 0 Å². The maximum atomic E-state index is 5.77. The molecule has 2 nitrogen and oxygen atoms in total. The molecule has 0 spiro atoms. The first-order valence-electron chi connectivity index (χ1n) is 8.41. The van der Waals surface area contributed by atoms with Gasteiger partial charge in [-0.15, -0.1) is 0 Å². The Morgan fingerprint density at radius 3 is 2.29 bits per heavy atom. The lowest BCUT2D eigenvalue weighted by molar-refractivity contribution is 0.473. The lowest BCUT2D eigenvalue weighted by Gasteiger charge is -2.19. The van der Waals surface area contributed by atoms with Crippen molar-refractivity contribution in [3.8, 4) is 0 Å². The summed E-state index contributed by atoms with van der Waals surface area (Å²) in [6.45, 7) is 4.43. The summed E-state index contributed by atoms with van der Waals surface area (Å²) in [6, 6.07) is 6.78. The van der Waals surface area contributed by atoms with Crippen LogP contribution >= 0.6 is 22.6 Å². The second kappa shape index (κ2) is 11.4. The SMILES string of the molecule is CCCCCCCCCCC(NN)c1cccc(C)c1I. The minimum absolute atomic E-state index is 0.289. The Bertz CT molecular complexity index is 393. The predicted octanol–water partition coefficient (Wildman–Crippen LogP) is 5.63. The van der Waals surface area contributed by atoms with Crippen LogP contribution in [0.2, 0.25) is 0 Å². The smallest absolute Gasteiger partial charge is 0.0470 e. The maximum Gasteiger partial charge on any atom is 0.0470 e. The summed E-state index contributed by atoms with van der Waals surface area (Å²) in [5.41, 5.74) is 5.69. The second-order valence-electron chi connectivity index (χ2n) is 5.96. The standard InChI is InChI=1S/C18H31IN2/c1-3-4-5-6-7-8-9-10-14-17(21-20)16-13-11-12-15(2)18(16)19/h11-13,17,21H,3-10,14,20H2,1-2H3. The van der Waals surface area contributed by atoms with Gasteiger partial charge < -0.3 is 0 Å². The van der Waals surface area contributed by atoms with Gasteiger partial charge in [0.25, 0.3) is 0 Å². The Labute approximate surface area is 144 Å². The largest absolute Gasteiger partial charge is 0.271 e. The van der Waals surface area contributed by atoms with Gasteiger partial charge in [0.1, 0.15) is 0 Å². The molecule has 0 bridgehead atoms. The highest BCUT2D eigenvalue weighted by molar-refractivity contribution is 14.1. The monoisotopic (exact) mass is 402 g/mol. The lowest BCUT2D eigenvalue weighted by Crippen LogP contribution is -2.28. The first-order valence-corrected chi connectivity index (χ1v) is 9.49. The van der Waals surface area contributed by atoms with Crippen molar-refractivity contribution < 1.29 is 0 Å². The van der Waals surface area contributed by atoms with Gasteiger partial charge in [0.2, 0.25) is 0 Å². The highest BCUT2D eigenvalue weighted by atomic mass is 127. The summed E-state index contributed by atoms with van der Waals surface area (Å²) in [5, 5.41) is 0. The fourth-order valence-electron chi connectivity index (χ4n) is 2.75. The van der Waals surface area contributed by atoms with Crippen LogP contribution in [0.5, 0.6) is 0 Å². The summed E-state index contributed by atoms with van der Waals surface area (Å²) >= 11 is 2.44. The van der Waals surface area contributed by atoms with Gasteiger partial charge in [-0.3, -0.25) is 11.3 Å². The number of hydrogen-bond donors (Lipinski definition) is 2. The fourth-order valence-corrected chi connectivity index (χ4v) is 3.49. The number of hydrazine groups is 1. The van der Waals surface area contributed by atoms with Crippen LogP contribution in [0.1, 0.15) is 81.9 Å². The number of aryl methyl sites for hydroxylation is 1. The highest BCUT2D eigenvalue weighted by Gasteiger charge is 2.13. The first kappa shape index (κ1) is 18.9. The number of benzene rings is 1. The molecule has 0 aliphatic heterocycles. The Morgan fingerprint density at radius 2 is 1.67 bits per heavy atom. The van der Waals surface area contributed by atoms with Crippen molar-refractivity contribution in [1.82, 2.24) is 5.43 Å². The number of nitrogens with two attached hydrogens (primary N) is 1. The minimum atomic E-state index is 0.289. The third-order valence-corrected chi connectivity index (χ3v) is 5.62. The molecule has 0 saturated heterocycles. The molecular formula is C18H31IN2. The third-order valence-electron chi connectivity index (χ3n) is 4.14. The molecule has 120 valence electrons. The van der Waals surface area contributed by atoms with Crippen LogP contribution < -0.4 is 11.3 Å². The van der Waals surface area contributed by atoms with E-state index in [1.165, 1.54) is 66.1 Å².